The quantitative estimate of drug-likeness (QED) is 0.937. The number of hydrogen-bond donors (Lipinski definition) is 1. The number of fused-ring (bicyclic) bond motifs is 1. The second-order valence-corrected chi connectivity index (χ2v) is 7.25. The molecule has 1 N–H and O–H groups in total. The monoisotopic (exact) mass is 325 g/mol. The van der Waals surface area contributed by atoms with Crippen LogP contribution in [-0.4, -0.2) is 9.78 Å². The maximum absolute atomic E-state index is 4.40. The van der Waals surface area contributed by atoms with Gasteiger partial charge in [0.25, 0.3) is 0 Å². The highest BCUT2D eigenvalue weighted by Crippen LogP contribution is 2.37. The van der Waals surface area contributed by atoms with Gasteiger partial charge < -0.3 is 5.32 Å². The van der Waals surface area contributed by atoms with Crippen LogP contribution in [0.3, 0.4) is 0 Å². The Hall–Kier alpha value is -0.650. The minimum Gasteiger partial charge on any atom is -0.304 e. The number of aryl methyl sites for hydroxylation is 2. The zero-order valence-corrected chi connectivity index (χ0v) is 12.7. The van der Waals surface area contributed by atoms with Gasteiger partial charge in [-0.15, -0.1) is 11.3 Å². The third-order valence-corrected chi connectivity index (χ3v) is 5.10. The summed E-state index contributed by atoms with van der Waals surface area (Å²) >= 11 is 5.47. The van der Waals surface area contributed by atoms with Gasteiger partial charge in [0.2, 0.25) is 0 Å². The van der Waals surface area contributed by atoms with Crippen LogP contribution in [0, 0.1) is 0 Å². The lowest BCUT2D eigenvalue weighted by molar-refractivity contribution is 0.458. The van der Waals surface area contributed by atoms with Crippen molar-refractivity contribution < 1.29 is 0 Å². The molecule has 0 radical (unpaired) electrons. The van der Waals surface area contributed by atoms with Gasteiger partial charge in [-0.25, -0.2) is 0 Å². The van der Waals surface area contributed by atoms with E-state index in [1.807, 2.05) is 29.3 Å². The highest BCUT2D eigenvalue weighted by Gasteiger charge is 2.22. The van der Waals surface area contributed by atoms with Gasteiger partial charge in [-0.3, -0.25) is 4.68 Å². The third-order valence-electron chi connectivity index (χ3n) is 3.38. The van der Waals surface area contributed by atoms with Crippen molar-refractivity contribution in [1.82, 2.24) is 15.1 Å². The first kappa shape index (κ1) is 12.4. The molecule has 3 rings (SSSR count). The van der Waals surface area contributed by atoms with E-state index in [1.54, 1.807) is 0 Å². The first-order valence-electron chi connectivity index (χ1n) is 6.22. The molecule has 0 saturated heterocycles. The van der Waals surface area contributed by atoms with Crippen LogP contribution >= 0.6 is 27.3 Å². The summed E-state index contributed by atoms with van der Waals surface area (Å²) in [6.45, 7) is 0.846. The first-order valence-corrected chi connectivity index (χ1v) is 7.83. The molecule has 1 aliphatic rings. The largest absolute Gasteiger partial charge is 0.304 e. The Morgan fingerprint density at radius 1 is 1.61 bits per heavy atom. The fourth-order valence-electron chi connectivity index (χ4n) is 2.52. The molecule has 0 aliphatic heterocycles. The van der Waals surface area contributed by atoms with Gasteiger partial charge in [-0.1, -0.05) is 0 Å². The Morgan fingerprint density at radius 2 is 2.50 bits per heavy atom. The van der Waals surface area contributed by atoms with Crippen molar-refractivity contribution in [2.45, 2.75) is 31.8 Å². The molecule has 1 aliphatic carbocycles. The molecule has 0 spiro atoms. The van der Waals surface area contributed by atoms with Crippen molar-refractivity contribution >= 4 is 27.3 Å². The minimum absolute atomic E-state index is 0.485. The van der Waals surface area contributed by atoms with Crippen LogP contribution in [0.1, 0.15) is 35.0 Å². The van der Waals surface area contributed by atoms with Gasteiger partial charge in [0.15, 0.2) is 0 Å². The summed E-state index contributed by atoms with van der Waals surface area (Å²) in [7, 11) is 1.96. The fourth-order valence-corrected chi connectivity index (χ4v) is 4.34. The topological polar surface area (TPSA) is 29.9 Å². The molecule has 0 bridgehead atoms. The first-order chi connectivity index (χ1) is 8.72. The fraction of sp³-hybridized carbons (Fsp3) is 0.462. The number of hydrogen-bond acceptors (Lipinski definition) is 3. The average molecular weight is 326 g/mol. The molecule has 0 aromatic carbocycles. The Morgan fingerprint density at radius 3 is 3.28 bits per heavy atom. The van der Waals surface area contributed by atoms with Gasteiger partial charge in [-0.05, 0) is 52.9 Å². The maximum Gasteiger partial charge on any atom is 0.0762 e. The van der Waals surface area contributed by atoms with E-state index in [2.05, 4.69) is 38.5 Å². The molecular weight excluding hydrogens is 310 g/mol. The van der Waals surface area contributed by atoms with Crippen LogP contribution in [-0.2, 0) is 20.0 Å². The van der Waals surface area contributed by atoms with Crippen LogP contribution in [0.2, 0.25) is 0 Å². The Labute approximate surface area is 119 Å². The van der Waals surface area contributed by atoms with Gasteiger partial charge in [-0.2, -0.15) is 5.10 Å². The number of nitrogens with zero attached hydrogens (tertiary/aromatic N) is 2. The number of aromatic nitrogens is 2. The standard InChI is InChI=1S/C13H16BrN3S/c1-17-6-5-9(16-17)8-15-11-3-2-4-12-10(11)7-13(14)18-12/h5-7,11,15H,2-4,8H2,1H3. The van der Waals surface area contributed by atoms with Crippen LogP contribution in [0.5, 0.6) is 0 Å². The third kappa shape index (κ3) is 2.53. The smallest absolute Gasteiger partial charge is 0.0762 e. The second kappa shape index (κ2) is 5.15. The zero-order chi connectivity index (χ0) is 12.5. The van der Waals surface area contributed by atoms with E-state index in [0.717, 1.165) is 12.2 Å². The Kier molecular flexibility index (Phi) is 3.54. The van der Waals surface area contributed by atoms with E-state index in [1.165, 1.54) is 33.5 Å². The zero-order valence-electron chi connectivity index (χ0n) is 10.3. The molecule has 0 fully saturated rings. The lowest BCUT2D eigenvalue weighted by Crippen LogP contribution is -2.24. The molecule has 96 valence electrons. The van der Waals surface area contributed by atoms with E-state index >= 15 is 0 Å². The van der Waals surface area contributed by atoms with E-state index in [4.69, 9.17) is 0 Å². The molecule has 3 nitrogen and oxygen atoms in total. The van der Waals surface area contributed by atoms with Crippen molar-refractivity contribution in [3.8, 4) is 0 Å². The van der Waals surface area contributed by atoms with E-state index in [9.17, 15) is 0 Å². The summed E-state index contributed by atoms with van der Waals surface area (Å²) in [5.41, 5.74) is 2.59. The van der Waals surface area contributed by atoms with E-state index in [0.29, 0.717) is 6.04 Å². The van der Waals surface area contributed by atoms with Crippen LogP contribution in [0.25, 0.3) is 0 Å². The molecule has 5 heteroatoms. The van der Waals surface area contributed by atoms with Crippen molar-refractivity contribution in [3.05, 3.63) is 38.3 Å². The Bertz CT molecular complexity index is 546. The molecule has 18 heavy (non-hydrogen) atoms. The predicted molar refractivity (Wildman–Crippen MR) is 77.7 cm³/mol. The van der Waals surface area contributed by atoms with Crippen molar-refractivity contribution in [1.29, 1.82) is 0 Å². The summed E-state index contributed by atoms with van der Waals surface area (Å²) in [5, 5.41) is 8.03. The van der Waals surface area contributed by atoms with Crippen molar-refractivity contribution in [2.24, 2.45) is 7.05 Å². The highest BCUT2D eigenvalue weighted by atomic mass is 79.9. The molecular formula is C13H16BrN3S. The summed E-state index contributed by atoms with van der Waals surface area (Å²) < 4.78 is 3.10. The summed E-state index contributed by atoms with van der Waals surface area (Å²) in [5.74, 6) is 0. The van der Waals surface area contributed by atoms with Gasteiger partial charge >= 0.3 is 0 Å². The molecule has 2 aromatic rings. The maximum atomic E-state index is 4.40. The molecule has 1 atom stereocenters. The van der Waals surface area contributed by atoms with Crippen molar-refractivity contribution in [3.63, 3.8) is 0 Å². The number of halogens is 1. The molecule has 0 amide bonds. The van der Waals surface area contributed by atoms with Crippen LogP contribution in [0.4, 0.5) is 0 Å². The molecule has 2 heterocycles. The predicted octanol–water partition coefficient (Wildman–Crippen LogP) is 3.41. The molecule has 1 unspecified atom stereocenters. The lowest BCUT2D eigenvalue weighted by Gasteiger charge is -2.23. The minimum atomic E-state index is 0.485. The average Bonchev–Trinajstić information content (AvgIpc) is 2.91. The van der Waals surface area contributed by atoms with E-state index < -0.39 is 0 Å². The van der Waals surface area contributed by atoms with Crippen LogP contribution < -0.4 is 5.32 Å². The number of thiophene rings is 1. The summed E-state index contributed by atoms with van der Waals surface area (Å²) in [6.07, 6.45) is 5.72. The van der Waals surface area contributed by atoms with Gasteiger partial charge in [0.05, 0.1) is 9.48 Å². The van der Waals surface area contributed by atoms with Gasteiger partial charge in [0.1, 0.15) is 0 Å². The summed E-state index contributed by atoms with van der Waals surface area (Å²) in [6, 6.07) is 4.83. The van der Waals surface area contributed by atoms with Gasteiger partial charge in [0, 0.05) is 30.7 Å². The second-order valence-electron chi connectivity index (χ2n) is 4.74. The highest BCUT2D eigenvalue weighted by molar-refractivity contribution is 9.11. The SMILES string of the molecule is Cn1ccc(CNC2CCCc3sc(Br)cc32)n1. The van der Waals surface area contributed by atoms with E-state index in [-0.39, 0.29) is 0 Å². The lowest BCUT2D eigenvalue weighted by atomic mass is 9.94. The number of rotatable bonds is 3. The van der Waals surface area contributed by atoms with Crippen LogP contribution in [0.15, 0.2) is 22.1 Å². The summed E-state index contributed by atoms with van der Waals surface area (Å²) in [4.78, 5) is 1.53. The molecule has 2 aromatic heterocycles. The molecule has 0 saturated carbocycles. The Balaban J connectivity index is 1.70. The number of nitrogens with one attached hydrogen (secondary N) is 1. The normalized spacial score (nSPS) is 18.9. The van der Waals surface area contributed by atoms with Crippen molar-refractivity contribution in [2.75, 3.05) is 0 Å².